The van der Waals surface area contributed by atoms with Gasteiger partial charge in [-0.05, 0) is 47.4 Å². The van der Waals surface area contributed by atoms with Gasteiger partial charge in [0.05, 0.1) is 13.2 Å². The molecule has 1 aromatic heterocycles. The smallest absolute Gasteiger partial charge is 0.317 e. The van der Waals surface area contributed by atoms with Crippen molar-refractivity contribution in [1.82, 2.24) is 15.5 Å². The predicted octanol–water partition coefficient (Wildman–Crippen LogP) is 4.84. The van der Waals surface area contributed by atoms with E-state index in [4.69, 9.17) is 14.4 Å². The molecule has 8 heteroatoms. The molecule has 4 aromatic rings. The van der Waals surface area contributed by atoms with Gasteiger partial charge in [-0.1, -0.05) is 47.6 Å². The number of aromatic nitrogens is 2. The number of hydrogen-bond donors (Lipinski definition) is 2. The number of hydrogen-bond acceptors (Lipinski definition) is 6. The zero-order valence-electron chi connectivity index (χ0n) is 18.8. The molecule has 0 fully saturated rings. The summed E-state index contributed by atoms with van der Waals surface area (Å²) in [5, 5.41) is 15.4. The number of aliphatic carboxylic acids is 1. The molecule has 7 nitrogen and oxygen atoms in total. The van der Waals surface area contributed by atoms with Crippen LogP contribution in [0.2, 0.25) is 0 Å². The number of carbonyl (C=O) groups is 1. The average Bonchev–Trinajstić information content (AvgIpc) is 3.31. The number of nitrogens with zero attached hydrogens (tertiary/aromatic N) is 2. The van der Waals surface area contributed by atoms with Gasteiger partial charge < -0.3 is 19.7 Å². The van der Waals surface area contributed by atoms with Gasteiger partial charge in [0.2, 0.25) is 5.82 Å². The highest BCUT2D eigenvalue weighted by Crippen LogP contribution is 2.31. The third kappa shape index (κ3) is 5.19. The molecule has 1 heterocycles. The summed E-state index contributed by atoms with van der Waals surface area (Å²) in [5.74, 6) is -0.907. The van der Waals surface area contributed by atoms with Crippen LogP contribution >= 0.6 is 0 Å². The van der Waals surface area contributed by atoms with Gasteiger partial charge in [-0.15, -0.1) is 0 Å². The standard InChI is InChI=1S/C26H24FN3O4/c1-16-5-3-4-6-21(16)22-10-9-18(11-20(22)15-33-2)26-29-25(30-34-26)17-7-8-19(23(27)12-17)13-28-14-24(31)32/h3-12,28H,13-15H2,1-2H3,(H,31,32). The van der Waals surface area contributed by atoms with E-state index >= 15 is 0 Å². The lowest BCUT2D eigenvalue weighted by Gasteiger charge is -2.12. The van der Waals surface area contributed by atoms with E-state index < -0.39 is 11.8 Å². The van der Waals surface area contributed by atoms with Crippen LogP contribution in [0, 0.1) is 12.7 Å². The molecule has 4 rings (SSSR count). The minimum atomic E-state index is -1.00. The Morgan fingerprint density at radius 2 is 1.85 bits per heavy atom. The molecule has 0 bridgehead atoms. The molecule has 2 N–H and O–H groups in total. The van der Waals surface area contributed by atoms with E-state index in [1.54, 1.807) is 19.2 Å². The molecule has 0 unspecified atom stereocenters. The third-order valence-electron chi connectivity index (χ3n) is 5.42. The zero-order valence-corrected chi connectivity index (χ0v) is 18.8. The van der Waals surface area contributed by atoms with Crippen LogP contribution in [0.1, 0.15) is 16.7 Å². The van der Waals surface area contributed by atoms with Crippen molar-refractivity contribution in [2.75, 3.05) is 13.7 Å². The first-order valence-corrected chi connectivity index (χ1v) is 10.7. The summed E-state index contributed by atoms with van der Waals surface area (Å²) in [6.45, 7) is 2.34. The van der Waals surface area contributed by atoms with Gasteiger partial charge in [0.15, 0.2) is 0 Å². The number of carboxylic acids is 1. The highest BCUT2D eigenvalue weighted by atomic mass is 19.1. The fourth-order valence-corrected chi connectivity index (χ4v) is 3.73. The molecule has 34 heavy (non-hydrogen) atoms. The van der Waals surface area contributed by atoms with Crippen LogP contribution in [0.4, 0.5) is 4.39 Å². The summed E-state index contributed by atoms with van der Waals surface area (Å²) >= 11 is 0. The fraction of sp³-hybridized carbons (Fsp3) is 0.192. The number of halogens is 1. The molecule has 0 amide bonds. The predicted molar refractivity (Wildman–Crippen MR) is 125 cm³/mol. The Morgan fingerprint density at radius 1 is 1.06 bits per heavy atom. The number of aryl methyl sites for hydroxylation is 1. The first-order valence-electron chi connectivity index (χ1n) is 10.7. The van der Waals surface area contributed by atoms with E-state index in [-0.39, 0.29) is 18.9 Å². The van der Waals surface area contributed by atoms with Crippen molar-refractivity contribution in [3.8, 4) is 34.0 Å². The lowest BCUT2D eigenvalue weighted by molar-refractivity contribution is -0.136. The second-order valence-electron chi connectivity index (χ2n) is 7.85. The van der Waals surface area contributed by atoms with Gasteiger partial charge in [-0.3, -0.25) is 4.79 Å². The zero-order chi connectivity index (χ0) is 24.1. The molecular formula is C26H24FN3O4. The molecule has 0 radical (unpaired) electrons. The summed E-state index contributed by atoms with van der Waals surface area (Å²) in [7, 11) is 1.65. The molecule has 0 aliphatic rings. The van der Waals surface area contributed by atoms with Crippen LogP contribution in [-0.2, 0) is 22.7 Å². The molecule has 174 valence electrons. The van der Waals surface area contributed by atoms with Gasteiger partial charge in [0.25, 0.3) is 5.89 Å². The van der Waals surface area contributed by atoms with E-state index in [1.165, 1.54) is 6.07 Å². The first-order chi connectivity index (χ1) is 16.5. The highest BCUT2D eigenvalue weighted by molar-refractivity contribution is 5.74. The number of carboxylic acid groups (broad SMARTS) is 1. The largest absolute Gasteiger partial charge is 0.480 e. The summed E-state index contributed by atoms with van der Waals surface area (Å²) in [6.07, 6.45) is 0. The van der Waals surface area contributed by atoms with Crippen LogP contribution in [-0.4, -0.2) is 34.9 Å². The number of nitrogens with one attached hydrogen (secondary N) is 1. The number of methoxy groups -OCH3 is 1. The van der Waals surface area contributed by atoms with Crippen molar-refractivity contribution in [3.05, 3.63) is 83.2 Å². The molecule has 0 saturated carbocycles. The molecular weight excluding hydrogens is 437 g/mol. The molecule has 3 aromatic carbocycles. The molecule has 0 aliphatic heterocycles. The Morgan fingerprint density at radius 3 is 2.59 bits per heavy atom. The highest BCUT2D eigenvalue weighted by Gasteiger charge is 2.15. The van der Waals surface area contributed by atoms with Crippen molar-refractivity contribution >= 4 is 5.97 Å². The van der Waals surface area contributed by atoms with Crippen LogP contribution in [0.15, 0.2) is 65.2 Å². The monoisotopic (exact) mass is 461 g/mol. The van der Waals surface area contributed by atoms with E-state index in [2.05, 4.69) is 34.5 Å². The average molecular weight is 461 g/mol. The third-order valence-corrected chi connectivity index (χ3v) is 5.42. The summed E-state index contributed by atoms with van der Waals surface area (Å²) in [5.41, 5.74) is 5.89. The number of ether oxygens (including phenoxy) is 1. The maximum atomic E-state index is 14.5. The van der Waals surface area contributed by atoms with Gasteiger partial charge >= 0.3 is 5.97 Å². The molecule has 0 spiro atoms. The van der Waals surface area contributed by atoms with E-state index in [0.29, 0.717) is 23.6 Å². The topological polar surface area (TPSA) is 97.5 Å². The van der Waals surface area contributed by atoms with E-state index in [0.717, 1.165) is 27.8 Å². The number of rotatable bonds is 9. The molecule has 0 saturated heterocycles. The summed E-state index contributed by atoms with van der Waals surface area (Å²) in [4.78, 5) is 15.1. The van der Waals surface area contributed by atoms with E-state index in [1.807, 2.05) is 30.3 Å². The Kier molecular flexibility index (Phi) is 7.10. The Labute approximate surface area is 196 Å². The Hall–Kier alpha value is -3.88. The fourth-order valence-electron chi connectivity index (χ4n) is 3.73. The Balaban J connectivity index is 1.59. The van der Waals surface area contributed by atoms with Gasteiger partial charge in [0.1, 0.15) is 5.82 Å². The van der Waals surface area contributed by atoms with Crippen LogP contribution in [0.25, 0.3) is 34.0 Å². The summed E-state index contributed by atoms with van der Waals surface area (Å²) < 4.78 is 25.4. The lowest BCUT2D eigenvalue weighted by atomic mass is 9.94. The Bertz CT molecular complexity index is 1320. The number of benzene rings is 3. The molecule has 0 aliphatic carbocycles. The van der Waals surface area contributed by atoms with Crippen LogP contribution in [0.5, 0.6) is 0 Å². The summed E-state index contributed by atoms with van der Waals surface area (Å²) in [6, 6.07) is 18.6. The first kappa shape index (κ1) is 23.3. The maximum absolute atomic E-state index is 14.5. The minimum Gasteiger partial charge on any atom is -0.480 e. The van der Waals surface area contributed by atoms with Crippen molar-refractivity contribution in [2.45, 2.75) is 20.1 Å². The van der Waals surface area contributed by atoms with E-state index in [9.17, 15) is 9.18 Å². The second kappa shape index (κ2) is 10.4. The van der Waals surface area contributed by atoms with Crippen molar-refractivity contribution in [1.29, 1.82) is 0 Å². The second-order valence-corrected chi connectivity index (χ2v) is 7.85. The minimum absolute atomic E-state index is 0.103. The SMILES string of the molecule is COCc1cc(-c2nc(-c3ccc(CNCC(=O)O)c(F)c3)no2)ccc1-c1ccccc1C. The van der Waals surface area contributed by atoms with Crippen LogP contribution < -0.4 is 5.32 Å². The van der Waals surface area contributed by atoms with Gasteiger partial charge in [-0.25, -0.2) is 4.39 Å². The van der Waals surface area contributed by atoms with Gasteiger partial charge in [0, 0.05) is 30.3 Å². The van der Waals surface area contributed by atoms with Crippen LogP contribution in [0.3, 0.4) is 0 Å². The molecule has 0 atom stereocenters. The van der Waals surface area contributed by atoms with Crippen molar-refractivity contribution < 1.29 is 23.6 Å². The normalized spacial score (nSPS) is 11.0. The quantitative estimate of drug-likeness (QED) is 0.368. The lowest BCUT2D eigenvalue weighted by Crippen LogP contribution is -2.22. The van der Waals surface area contributed by atoms with Crippen molar-refractivity contribution in [3.63, 3.8) is 0 Å². The van der Waals surface area contributed by atoms with Crippen molar-refractivity contribution in [2.24, 2.45) is 0 Å². The maximum Gasteiger partial charge on any atom is 0.317 e. The van der Waals surface area contributed by atoms with Gasteiger partial charge in [-0.2, -0.15) is 4.98 Å².